The van der Waals surface area contributed by atoms with Crippen molar-refractivity contribution in [3.05, 3.63) is 24.3 Å². The fraction of sp³-hybridized carbons (Fsp3) is 0.636. The molecule has 2 atom stereocenters. The van der Waals surface area contributed by atoms with Crippen LogP contribution in [0.2, 0.25) is 0 Å². The van der Waals surface area contributed by atoms with Crippen molar-refractivity contribution >= 4 is 0 Å². The van der Waals surface area contributed by atoms with Gasteiger partial charge in [0.1, 0.15) is 0 Å². The molecule has 0 spiro atoms. The predicted octanol–water partition coefficient (Wildman–Crippen LogP) is 2.38. The Balaban J connectivity index is 2.97. The van der Waals surface area contributed by atoms with E-state index >= 15 is 0 Å². The third kappa shape index (κ3) is 1.34. The molecule has 12 heavy (non-hydrogen) atoms. The third-order valence-electron chi connectivity index (χ3n) is 3.19. The molecule has 0 aliphatic heterocycles. The smallest absolute Gasteiger partial charge is 0.0473 e. The highest BCUT2D eigenvalue weighted by atomic mass is 16.3. The van der Waals surface area contributed by atoms with E-state index in [4.69, 9.17) is 0 Å². The first-order chi connectivity index (χ1) is 5.50. The van der Waals surface area contributed by atoms with Crippen LogP contribution in [-0.4, -0.2) is 11.7 Å². The van der Waals surface area contributed by atoms with Gasteiger partial charge in [-0.1, -0.05) is 39.5 Å². The molecule has 0 aromatic rings. The van der Waals surface area contributed by atoms with Gasteiger partial charge in [-0.2, -0.15) is 0 Å². The van der Waals surface area contributed by atoms with Crippen molar-refractivity contribution in [2.24, 2.45) is 17.3 Å². The van der Waals surface area contributed by atoms with E-state index in [2.05, 4.69) is 39.5 Å². The SMILES string of the molecule is C=C1C=CC(C)C(CO)C1(C)C. The van der Waals surface area contributed by atoms with Gasteiger partial charge in [0.25, 0.3) is 0 Å². The van der Waals surface area contributed by atoms with E-state index in [1.54, 1.807) is 0 Å². The lowest BCUT2D eigenvalue weighted by molar-refractivity contribution is 0.111. The number of aliphatic hydroxyl groups is 1. The van der Waals surface area contributed by atoms with Gasteiger partial charge >= 0.3 is 0 Å². The topological polar surface area (TPSA) is 20.2 Å². The summed E-state index contributed by atoms with van der Waals surface area (Å²) in [5, 5.41) is 9.24. The van der Waals surface area contributed by atoms with Crippen molar-refractivity contribution in [3.63, 3.8) is 0 Å². The zero-order valence-electron chi connectivity index (χ0n) is 8.17. The molecule has 0 heterocycles. The highest BCUT2D eigenvalue weighted by Gasteiger charge is 2.36. The Morgan fingerprint density at radius 1 is 1.58 bits per heavy atom. The molecule has 68 valence electrons. The molecule has 0 aromatic carbocycles. The first-order valence-corrected chi connectivity index (χ1v) is 4.48. The summed E-state index contributed by atoms with van der Waals surface area (Å²) in [7, 11) is 0. The highest BCUT2D eigenvalue weighted by molar-refractivity contribution is 5.28. The molecule has 0 amide bonds. The summed E-state index contributed by atoms with van der Waals surface area (Å²) in [5.74, 6) is 0.769. The minimum atomic E-state index is 0.0446. The summed E-state index contributed by atoms with van der Waals surface area (Å²) in [4.78, 5) is 0. The number of aliphatic hydroxyl groups excluding tert-OH is 1. The molecule has 2 unspecified atom stereocenters. The summed E-state index contributed by atoms with van der Waals surface area (Å²) in [6.45, 7) is 10.7. The van der Waals surface area contributed by atoms with E-state index in [0.717, 1.165) is 5.57 Å². The Bertz CT molecular complexity index is 213. The normalized spacial score (nSPS) is 33.8. The van der Waals surface area contributed by atoms with E-state index < -0.39 is 0 Å². The summed E-state index contributed by atoms with van der Waals surface area (Å²) in [6.07, 6.45) is 4.21. The molecule has 0 aromatic heterocycles. The van der Waals surface area contributed by atoms with Gasteiger partial charge in [0, 0.05) is 6.61 Å². The standard InChI is InChI=1S/C11H18O/c1-8-5-6-9(2)11(3,4)10(8)7-12/h5-6,8,10,12H,2,7H2,1,3-4H3. The molecule has 1 rings (SSSR count). The molecular weight excluding hydrogens is 148 g/mol. The number of hydrogen-bond acceptors (Lipinski definition) is 1. The second kappa shape index (κ2) is 3.06. The van der Waals surface area contributed by atoms with Gasteiger partial charge in [-0.15, -0.1) is 0 Å². The van der Waals surface area contributed by atoms with Crippen molar-refractivity contribution < 1.29 is 5.11 Å². The molecule has 0 saturated carbocycles. The van der Waals surface area contributed by atoms with Gasteiger partial charge in [-0.3, -0.25) is 0 Å². The summed E-state index contributed by atoms with van der Waals surface area (Å²) in [6, 6.07) is 0. The Morgan fingerprint density at radius 2 is 2.17 bits per heavy atom. The molecule has 0 saturated heterocycles. The molecule has 1 heteroatoms. The number of rotatable bonds is 1. The molecule has 0 fully saturated rings. The van der Waals surface area contributed by atoms with Crippen LogP contribution in [-0.2, 0) is 0 Å². The van der Waals surface area contributed by atoms with Crippen LogP contribution in [0.4, 0.5) is 0 Å². The second-order valence-electron chi connectivity index (χ2n) is 4.25. The molecular formula is C11H18O. The van der Waals surface area contributed by atoms with E-state index in [-0.39, 0.29) is 12.0 Å². The average Bonchev–Trinajstić information content (AvgIpc) is 1.98. The predicted molar refractivity (Wildman–Crippen MR) is 51.8 cm³/mol. The molecule has 0 radical (unpaired) electrons. The second-order valence-corrected chi connectivity index (χ2v) is 4.25. The van der Waals surface area contributed by atoms with Gasteiger partial charge in [-0.25, -0.2) is 0 Å². The van der Waals surface area contributed by atoms with Crippen LogP contribution >= 0.6 is 0 Å². The van der Waals surface area contributed by atoms with Gasteiger partial charge < -0.3 is 5.11 Å². The third-order valence-corrected chi connectivity index (χ3v) is 3.19. The highest BCUT2D eigenvalue weighted by Crippen LogP contribution is 2.42. The molecule has 1 aliphatic carbocycles. The minimum Gasteiger partial charge on any atom is -0.396 e. The first kappa shape index (κ1) is 9.53. The summed E-state index contributed by atoms with van der Waals surface area (Å²) in [5.41, 5.74) is 1.17. The van der Waals surface area contributed by atoms with Crippen LogP contribution in [0.25, 0.3) is 0 Å². The molecule has 0 bridgehead atoms. The number of allylic oxidation sites excluding steroid dienone is 3. The van der Waals surface area contributed by atoms with Crippen LogP contribution in [0.3, 0.4) is 0 Å². The maximum atomic E-state index is 9.24. The van der Waals surface area contributed by atoms with Crippen LogP contribution in [0.1, 0.15) is 20.8 Å². The van der Waals surface area contributed by atoms with Gasteiger partial charge in [-0.05, 0) is 22.8 Å². The number of hydrogen-bond donors (Lipinski definition) is 1. The Hall–Kier alpha value is -0.560. The van der Waals surface area contributed by atoms with Gasteiger partial charge in [0.05, 0.1) is 0 Å². The quantitative estimate of drug-likeness (QED) is 0.634. The zero-order chi connectivity index (χ0) is 9.35. The fourth-order valence-electron chi connectivity index (χ4n) is 1.91. The molecule has 1 nitrogen and oxygen atoms in total. The summed E-state index contributed by atoms with van der Waals surface area (Å²) < 4.78 is 0. The van der Waals surface area contributed by atoms with Crippen molar-refractivity contribution in [1.82, 2.24) is 0 Å². The lowest BCUT2D eigenvalue weighted by atomic mass is 9.65. The zero-order valence-corrected chi connectivity index (χ0v) is 8.17. The minimum absolute atomic E-state index is 0.0446. The van der Waals surface area contributed by atoms with Crippen LogP contribution in [0, 0.1) is 17.3 Å². The van der Waals surface area contributed by atoms with Crippen molar-refractivity contribution in [2.45, 2.75) is 20.8 Å². The summed E-state index contributed by atoms with van der Waals surface area (Å²) >= 11 is 0. The maximum absolute atomic E-state index is 9.24. The van der Waals surface area contributed by atoms with Crippen molar-refractivity contribution in [3.8, 4) is 0 Å². The largest absolute Gasteiger partial charge is 0.396 e. The first-order valence-electron chi connectivity index (χ1n) is 4.48. The van der Waals surface area contributed by atoms with Crippen molar-refractivity contribution in [1.29, 1.82) is 0 Å². The molecule has 1 aliphatic rings. The monoisotopic (exact) mass is 166 g/mol. The lowest BCUT2D eigenvalue weighted by Crippen LogP contribution is -2.35. The Labute approximate surface area is 74.8 Å². The van der Waals surface area contributed by atoms with Crippen LogP contribution in [0.5, 0.6) is 0 Å². The fourth-order valence-corrected chi connectivity index (χ4v) is 1.91. The van der Waals surface area contributed by atoms with Crippen LogP contribution < -0.4 is 0 Å². The van der Waals surface area contributed by atoms with Gasteiger partial charge in [0.15, 0.2) is 0 Å². The Morgan fingerprint density at radius 3 is 2.58 bits per heavy atom. The van der Waals surface area contributed by atoms with E-state index in [9.17, 15) is 5.11 Å². The maximum Gasteiger partial charge on any atom is 0.0473 e. The van der Waals surface area contributed by atoms with E-state index in [0.29, 0.717) is 11.8 Å². The Kier molecular flexibility index (Phi) is 2.43. The van der Waals surface area contributed by atoms with Crippen LogP contribution in [0.15, 0.2) is 24.3 Å². The lowest BCUT2D eigenvalue weighted by Gasteiger charge is -2.40. The average molecular weight is 166 g/mol. The van der Waals surface area contributed by atoms with Crippen molar-refractivity contribution in [2.75, 3.05) is 6.61 Å². The van der Waals surface area contributed by atoms with E-state index in [1.165, 1.54) is 0 Å². The van der Waals surface area contributed by atoms with E-state index in [1.807, 2.05) is 0 Å². The molecule has 1 N–H and O–H groups in total. The van der Waals surface area contributed by atoms with Gasteiger partial charge in [0.2, 0.25) is 0 Å².